The van der Waals surface area contributed by atoms with E-state index in [1.165, 1.54) is 0 Å². The molecule has 4 N–H and O–H groups in total. The first kappa shape index (κ1) is 23.8. The molecule has 164 valence electrons. The third-order valence-electron chi connectivity index (χ3n) is 5.13. The number of hydroxylamine groups is 1. The van der Waals surface area contributed by atoms with E-state index in [0.29, 0.717) is 40.9 Å². The smallest absolute Gasteiger partial charge is 0.265 e. The van der Waals surface area contributed by atoms with Crippen LogP contribution in [0, 0.1) is 39.3 Å². The van der Waals surface area contributed by atoms with Gasteiger partial charge in [-0.3, -0.25) is 10.0 Å². The number of hydrogen-bond donors (Lipinski definition) is 4. The molecule has 0 saturated carbocycles. The van der Waals surface area contributed by atoms with Gasteiger partial charge in [0.25, 0.3) is 5.91 Å². The summed E-state index contributed by atoms with van der Waals surface area (Å²) in [4.78, 5) is 12.0. The zero-order chi connectivity index (χ0) is 22.3. The van der Waals surface area contributed by atoms with Crippen molar-refractivity contribution in [2.75, 3.05) is 11.9 Å². The molecule has 2 rings (SSSR count). The molecule has 0 aliphatic heterocycles. The molecule has 2 aromatic carbocycles. The van der Waals surface area contributed by atoms with Gasteiger partial charge in [0.2, 0.25) is 0 Å². The number of rotatable bonds is 10. The predicted octanol–water partition coefficient (Wildman–Crippen LogP) is 4.44. The minimum Gasteiger partial charge on any atom is -0.374 e. The molecule has 5 nitrogen and oxygen atoms in total. The van der Waals surface area contributed by atoms with Gasteiger partial charge in [0.15, 0.2) is 0 Å². The van der Waals surface area contributed by atoms with Gasteiger partial charge in [0, 0.05) is 12.2 Å². The molecular weight excluding hydrogens is 388 g/mol. The SMILES string of the molecule is Cc1cc(CNCCCCC(Nc2cc(C)c(F)c(C)c2)C(=O)NO)cc(C)c1F. The fraction of sp³-hybridized carbons (Fsp3) is 0.435. The Labute approximate surface area is 176 Å². The zero-order valence-corrected chi connectivity index (χ0v) is 18.0. The number of carbonyl (C=O) groups excluding carboxylic acids is 1. The molecule has 0 aliphatic rings. The molecule has 1 amide bonds. The molecule has 0 aliphatic carbocycles. The van der Waals surface area contributed by atoms with E-state index in [2.05, 4.69) is 10.6 Å². The summed E-state index contributed by atoms with van der Waals surface area (Å²) < 4.78 is 27.5. The Kier molecular flexibility index (Phi) is 8.74. The van der Waals surface area contributed by atoms with Gasteiger partial charge in [0.1, 0.15) is 17.7 Å². The molecule has 1 atom stereocenters. The van der Waals surface area contributed by atoms with E-state index in [9.17, 15) is 13.6 Å². The molecule has 1 unspecified atom stereocenters. The van der Waals surface area contributed by atoms with Crippen LogP contribution < -0.4 is 16.1 Å². The van der Waals surface area contributed by atoms with Gasteiger partial charge in [-0.15, -0.1) is 0 Å². The van der Waals surface area contributed by atoms with Gasteiger partial charge >= 0.3 is 0 Å². The molecule has 0 bridgehead atoms. The number of amides is 1. The lowest BCUT2D eigenvalue weighted by Crippen LogP contribution is -2.38. The Morgan fingerprint density at radius 3 is 2.00 bits per heavy atom. The van der Waals surface area contributed by atoms with Gasteiger partial charge in [-0.1, -0.05) is 12.1 Å². The number of unbranched alkanes of at least 4 members (excludes halogenated alkanes) is 1. The number of nitrogens with one attached hydrogen (secondary N) is 3. The Balaban J connectivity index is 1.82. The maximum Gasteiger partial charge on any atom is 0.265 e. The highest BCUT2D eigenvalue weighted by Crippen LogP contribution is 2.20. The average Bonchev–Trinajstić information content (AvgIpc) is 2.70. The molecular formula is C23H31F2N3O2. The lowest BCUT2D eigenvalue weighted by molar-refractivity contribution is -0.130. The second kappa shape index (κ2) is 11.0. The summed E-state index contributed by atoms with van der Waals surface area (Å²) in [6.45, 7) is 8.26. The van der Waals surface area contributed by atoms with E-state index < -0.39 is 11.9 Å². The third-order valence-corrected chi connectivity index (χ3v) is 5.13. The molecule has 0 fully saturated rings. The van der Waals surface area contributed by atoms with Crippen LogP contribution in [0.4, 0.5) is 14.5 Å². The van der Waals surface area contributed by atoms with Crippen LogP contribution in [0.2, 0.25) is 0 Å². The van der Waals surface area contributed by atoms with Crippen molar-refractivity contribution < 1.29 is 18.8 Å². The van der Waals surface area contributed by atoms with E-state index in [4.69, 9.17) is 5.21 Å². The summed E-state index contributed by atoms with van der Waals surface area (Å²) >= 11 is 0. The van der Waals surface area contributed by atoms with E-state index >= 15 is 0 Å². The Hall–Kier alpha value is -2.51. The summed E-state index contributed by atoms with van der Waals surface area (Å²) in [6, 6.07) is 6.35. The molecule has 0 aromatic heterocycles. The summed E-state index contributed by atoms with van der Waals surface area (Å²) in [5, 5.41) is 15.4. The second-order valence-electron chi connectivity index (χ2n) is 7.81. The highest BCUT2D eigenvalue weighted by atomic mass is 19.1. The fourth-order valence-corrected chi connectivity index (χ4v) is 3.55. The Morgan fingerprint density at radius 1 is 0.933 bits per heavy atom. The molecule has 0 spiro atoms. The maximum atomic E-state index is 13.8. The molecule has 30 heavy (non-hydrogen) atoms. The zero-order valence-electron chi connectivity index (χ0n) is 18.0. The van der Waals surface area contributed by atoms with Crippen LogP contribution in [0.15, 0.2) is 24.3 Å². The van der Waals surface area contributed by atoms with Crippen molar-refractivity contribution in [2.24, 2.45) is 0 Å². The van der Waals surface area contributed by atoms with Crippen LogP contribution in [0.1, 0.15) is 47.1 Å². The monoisotopic (exact) mass is 419 g/mol. The highest BCUT2D eigenvalue weighted by molar-refractivity contribution is 5.83. The van der Waals surface area contributed by atoms with Crippen molar-refractivity contribution in [1.82, 2.24) is 10.8 Å². The number of halogens is 2. The first-order valence-corrected chi connectivity index (χ1v) is 10.2. The molecule has 0 saturated heterocycles. The first-order valence-electron chi connectivity index (χ1n) is 10.2. The van der Waals surface area contributed by atoms with Crippen molar-refractivity contribution in [2.45, 2.75) is 59.5 Å². The van der Waals surface area contributed by atoms with E-state index in [1.54, 1.807) is 45.3 Å². The third kappa shape index (κ3) is 6.50. The Morgan fingerprint density at radius 2 is 1.47 bits per heavy atom. The van der Waals surface area contributed by atoms with Crippen LogP contribution in [-0.2, 0) is 11.3 Å². The van der Waals surface area contributed by atoms with E-state index in [0.717, 1.165) is 24.9 Å². The highest BCUT2D eigenvalue weighted by Gasteiger charge is 2.18. The summed E-state index contributed by atoms with van der Waals surface area (Å²) in [5.41, 5.74) is 5.64. The van der Waals surface area contributed by atoms with E-state index in [-0.39, 0.29) is 11.6 Å². The Bertz CT molecular complexity index is 841. The van der Waals surface area contributed by atoms with Crippen molar-refractivity contribution in [3.8, 4) is 0 Å². The summed E-state index contributed by atoms with van der Waals surface area (Å²) in [6.07, 6.45) is 2.09. The average molecular weight is 420 g/mol. The number of carbonyl (C=O) groups is 1. The fourth-order valence-electron chi connectivity index (χ4n) is 3.55. The maximum absolute atomic E-state index is 13.8. The molecule has 0 heterocycles. The van der Waals surface area contributed by atoms with Crippen LogP contribution in [0.5, 0.6) is 0 Å². The standard InChI is InChI=1S/C23H31F2N3O2/c1-14-9-18(10-15(2)21(14)24)13-26-8-6-5-7-20(23(29)28-30)27-19-11-16(3)22(25)17(4)12-19/h9-12,20,26-27,30H,5-8,13H2,1-4H3,(H,28,29). The van der Waals surface area contributed by atoms with Gasteiger partial charge in [0.05, 0.1) is 0 Å². The molecule has 0 radical (unpaired) electrons. The van der Waals surface area contributed by atoms with Gasteiger partial charge in [-0.05, 0) is 93.5 Å². The van der Waals surface area contributed by atoms with Gasteiger partial charge in [-0.2, -0.15) is 0 Å². The largest absolute Gasteiger partial charge is 0.374 e. The van der Waals surface area contributed by atoms with Gasteiger partial charge in [-0.25, -0.2) is 14.3 Å². The van der Waals surface area contributed by atoms with E-state index in [1.807, 2.05) is 12.1 Å². The minimum absolute atomic E-state index is 0.161. The quantitative estimate of drug-likeness (QED) is 0.261. The number of anilines is 1. The van der Waals surface area contributed by atoms with Crippen molar-refractivity contribution in [3.63, 3.8) is 0 Å². The molecule has 7 heteroatoms. The van der Waals surface area contributed by atoms with Crippen molar-refractivity contribution in [1.29, 1.82) is 0 Å². The summed E-state index contributed by atoms with van der Waals surface area (Å²) in [7, 11) is 0. The second-order valence-corrected chi connectivity index (χ2v) is 7.81. The number of benzene rings is 2. The normalized spacial score (nSPS) is 12.0. The first-order chi connectivity index (χ1) is 14.2. The number of hydrogen-bond acceptors (Lipinski definition) is 4. The van der Waals surface area contributed by atoms with Crippen LogP contribution >= 0.6 is 0 Å². The summed E-state index contributed by atoms with van der Waals surface area (Å²) in [5.74, 6) is -0.952. The lowest BCUT2D eigenvalue weighted by atomic mass is 10.1. The van der Waals surface area contributed by atoms with Crippen LogP contribution in [0.25, 0.3) is 0 Å². The molecule has 2 aromatic rings. The lowest BCUT2D eigenvalue weighted by Gasteiger charge is -2.19. The minimum atomic E-state index is -0.623. The van der Waals surface area contributed by atoms with Crippen LogP contribution in [0.3, 0.4) is 0 Å². The van der Waals surface area contributed by atoms with Gasteiger partial charge < -0.3 is 10.6 Å². The number of aryl methyl sites for hydroxylation is 4. The predicted molar refractivity (Wildman–Crippen MR) is 115 cm³/mol. The van der Waals surface area contributed by atoms with Crippen molar-refractivity contribution >= 4 is 11.6 Å². The van der Waals surface area contributed by atoms with Crippen molar-refractivity contribution in [3.05, 3.63) is 63.7 Å². The van der Waals surface area contributed by atoms with Crippen LogP contribution in [-0.4, -0.2) is 23.7 Å². The topological polar surface area (TPSA) is 73.4 Å².